The van der Waals surface area contributed by atoms with E-state index in [9.17, 15) is 4.39 Å². The third kappa shape index (κ3) is 4.25. The van der Waals surface area contributed by atoms with E-state index in [1.54, 1.807) is 7.11 Å². The molecule has 4 heteroatoms. The Morgan fingerprint density at radius 2 is 1.95 bits per heavy atom. The van der Waals surface area contributed by atoms with E-state index in [2.05, 4.69) is 12.2 Å². The van der Waals surface area contributed by atoms with E-state index in [0.717, 1.165) is 51.0 Å². The van der Waals surface area contributed by atoms with Gasteiger partial charge in [0.15, 0.2) is 0 Å². The molecule has 118 valence electrons. The molecule has 1 N–H and O–H groups in total. The summed E-state index contributed by atoms with van der Waals surface area (Å²) in [5, 5.41) is 3.62. The molecule has 1 unspecified atom stereocenters. The largest absolute Gasteiger partial charge is 0.381 e. The molecule has 1 saturated heterocycles. The average Bonchev–Trinajstić information content (AvgIpc) is 2.54. The van der Waals surface area contributed by atoms with Crippen LogP contribution in [0.1, 0.15) is 31.7 Å². The van der Waals surface area contributed by atoms with Gasteiger partial charge in [-0.25, -0.2) is 4.39 Å². The normalized spacial score (nSPS) is 19.4. The lowest BCUT2D eigenvalue weighted by Crippen LogP contribution is -2.56. The minimum Gasteiger partial charge on any atom is -0.381 e. The average molecular weight is 295 g/mol. The summed E-state index contributed by atoms with van der Waals surface area (Å²) in [5.74, 6) is -0.190. The third-order valence-electron chi connectivity index (χ3n) is 4.37. The maximum atomic E-state index is 13.1. The smallest absolute Gasteiger partial charge is 0.123 e. The molecule has 21 heavy (non-hydrogen) atoms. The maximum absolute atomic E-state index is 13.1. The summed E-state index contributed by atoms with van der Waals surface area (Å²) in [6.45, 7) is 4.59. The van der Waals surface area contributed by atoms with Gasteiger partial charge in [-0.3, -0.25) is 0 Å². The van der Waals surface area contributed by atoms with Gasteiger partial charge in [0.2, 0.25) is 0 Å². The SMILES string of the molecule is CCCNC(Cc1ccc(F)cc1)C1(OC)CCOCC1. The van der Waals surface area contributed by atoms with E-state index >= 15 is 0 Å². The summed E-state index contributed by atoms with van der Waals surface area (Å²) in [6.07, 6.45) is 3.71. The fraction of sp³-hybridized carbons (Fsp3) is 0.647. The molecule has 3 nitrogen and oxygen atoms in total. The Hall–Kier alpha value is -0.970. The predicted molar refractivity (Wildman–Crippen MR) is 82.0 cm³/mol. The number of hydrogen-bond donors (Lipinski definition) is 1. The molecule has 1 aromatic carbocycles. The predicted octanol–water partition coefficient (Wildman–Crippen LogP) is 2.93. The van der Waals surface area contributed by atoms with Crippen LogP contribution >= 0.6 is 0 Å². The first-order valence-electron chi connectivity index (χ1n) is 7.81. The van der Waals surface area contributed by atoms with Crippen LogP contribution in [0.4, 0.5) is 4.39 Å². The molecule has 1 atom stereocenters. The summed E-state index contributed by atoms with van der Waals surface area (Å²) in [5.41, 5.74) is 0.940. The molecular formula is C17H26FNO2. The summed E-state index contributed by atoms with van der Waals surface area (Å²) in [6, 6.07) is 6.99. The van der Waals surface area contributed by atoms with Gasteiger partial charge < -0.3 is 14.8 Å². The van der Waals surface area contributed by atoms with Gasteiger partial charge in [0.05, 0.1) is 5.60 Å². The quantitative estimate of drug-likeness (QED) is 0.839. The first-order valence-corrected chi connectivity index (χ1v) is 7.81. The number of benzene rings is 1. The second kappa shape index (κ2) is 7.87. The Labute approximate surface area is 126 Å². The molecular weight excluding hydrogens is 269 g/mol. The van der Waals surface area contributed by atoms with Gasteiger partial charge in [0.1, 0.15) is 5.82 Å². The van der Waals surface area contributed by atoms with Crippen LogP contribution in [-0.2, 0) is 15.9 Å². The first kappa shape index (κ1) is 16.4. The van der Waals surface area contributed by atoms with E-state index in [-0.39, 0.29) is 17.5 Å². The highest BCUT2D eigenvalue weighted by atomic mass is 19.1. The number of methoxy groups -OCH3 is 1. The van der Waals surface area contributed by atoms with Crippen LogP contribution in [0.25, 0.3) is 0 Å². The number of rotatable bonds is 7. The van der Waals surface area contributed by atoms with Crippen LogP contribution in [-0.4, -0.2) is 38.5 Å². The highest BCUT2D eigenvalue weighted by molar-refractivity contribution is 5.18. The van der Waals surface area contributed by atoms with Crippen molar-refractivity contribution < 1.29 is 13.9 Å². The third-order valence-corrected chi connectivity index (χ3v) is 4.37. The number of halogens is 1. The zero-order valence-electron chi connectivity index (χ0n) is 13.0. The minimum atomic E-state index is -0.193. The van der Waals surface area contributed by atoms with E-state index < -0.39 is 0 Å². The van der Waals surface area contributed by atoms with Gasteiger partial charge in [-0.15, -0.1) is 0 Å². The Morgan fingerprint density at radius 3 is 2.52 bits per heavy atom. The molecule has 1 aliphatic heterocycles. The molecule has 1 heterocycles. The van der Waals surface area contributed by atoms with Crippen LogP contribution in [0.15, 0.2) is 24.3 Å². The molecule has 0 aromatic heterocycles. The molecule has 0 radical (unpaired) electrons. The van der Waals surface area contributed by atoms with Gasteiger partial charge in [-0.05, 0) is 37.1 Å². The Kier molecular flexibility index (Phi) is 6.15. The van der Waals surface area contributed by atoms with Crippen molar-refractivity contribution in [2.75, 3.05) is 26.9 Å². The molecule has 0 spiro atoms. The number of ether oxygens (including phenoxy) is 2. The summed E-state index contributed by atoms with van der Waals surface area (Å²) >= 11 is 0. The molecule has 0 saturated carbocycles. The van der Waals surface area contributed by atoms with Crippen LogP contribution in [0.2, 0.25) is 0 Å². The van der Waals surface area contributed by atoms with Crippen molar-refractivity contribution in [3.8, 4) is 0 Å². The van der Waals surface area contributed by atoms with E-state index in [1.165, 1.54) is 12.1 Å². The van der Waals surface area contributed by atoms with Crippen molar-refractivity contribution >= 4 is 0 Å². The number of hydrogen-bond acceptors (Lipinski definition) is 3. The fourth-order valence-electron chi connectivity index (χ4n) is 3.03. The van der Waals surface area contributed by atoms with E-state index in [0.29, 0.717) is 0 Å². The molecule has 1 aromatic rings. The molecule has 1 aliphatic rings. The fourth-order valence-corrected chi connectivity index (χ4v) is 3.03. The zero-order valence-corrected chi connectivity index (χ0v) is 13.0. The van der Waals surface area contributed by atoms with Crippen LogP contribution in [0.3, 0.4) is 0 Å². The standard InChI is InChI=1S/C17H26FNO2/c1-3-10-19-16(13-14-4-6-15(18)7-5-14)17(20-2)8-11-21-12-9-17/h4-7,16,19H,3,8-13H2,1-2H3. The molecule has 1 fully saturated rings. The topological polar surface area (TPSA) is 30.5 Å². The van der Waals surface area contributed by atoms with Crippen LogP contribution < -0.4 is 5.32 Å². The molecule has 0 amide bonds. The van der Waals surface area contributed by atoms with Gasteiger partial charge in [0, 0.05) is 39.2 Å². The van der Waals surface area contributed by atoms with Crippen LogP contribution in [0.5, 0.6) is 0 Å². The Bertz CT molecular complexity index is 415. The molecule has 0 bridgehead atoms. The second-order valence-electron chi connectivity index (χ2n) is 5.72. The second-order valence-corrected chi connectivity index (χ2v) is 5.72. The Morgan fingerprint density at radius 1 is 1.29 bits per heavy atom. The maximum Gasteiger partial charge on any atom is 0.123 e. The molecule has 0 aliphatic carbocycles. The minimum absolute atomic E-state index is 0.190. The van der Waals surface area contributed by atoms with Crippen molar-refractivity contribution in [3.63, 3.8) is 0 Å². The van der Waals surface area contributed by atoms with E-state index in [1.807, 2.05) is 12.1 Å². The van der Waals surface area contributed by atoms with E-state index in [4.69, 9.17) is 9.47 Å². The first-order chi connectivity index (χ1) is 10.2. The summed E-state index contributed by atoms with van der Waals surface area (Å²) in [7, 11) is 1.79. The Balaban J connectivity index is 2.13. The van der Waals surface area contributed by atoms with Gasteiger partial charge >= 0.3 is 0 Å². The summed E-state index contributed by atoms with van der Waals surface area (Å²) < 4.78 is 24.5. The highest BCUT2D eigenvalue weighted by Crippen LogP contribution is 2.30. The van der Waals surface area contributed by atoms with Crippen LogP contribution in [0, 0.1) is 5.82 Å². The van der Waals surface area contributed by atoms with Crippen molar-refractivity contribution in [2.24, 2.45) is 0 Å². The van der Waals surface area contributed by atoms with Gasteiger partial charge in [-0.1, -0.05) is 19.1 Å². The lowest BCUT2D eigenvalue weighted by atomic mass is 9.82. The summed E-state index contributed by atoms with van der Waals surface area (Å²) in [4.78, 5) is 0. The zero-order chi connectivity index (χ0) is 15.1. The van der Waals surface area contributed by atoms with Gasteiger partial charge in [-0.2, -0.15) is 0 Å². The lowest BCUT2D eigenvalue weighted by Gasteiger charge is -2.43. The lowest BCUT2D eigenvalue weighted by molar-refractivity contribution is -0.110. The monoisotopic (exact) mass is 295 g/mol. The van der Waals surface area contributed by atoms with Crippen molar-refractivity contribution in [1.82, 2.24) is 5.32 Å². The van der Waals surface area contributed by atoms with Crippen molar-refractivity contribution in [3.05, 3.63) is 35.6 Å². The molecule has 2 rings (SSSR count). The highest BCUT2D eigenvalue weighted by Gasteiger charge is 2.40. The van der Waals surface area contributed by atoms with Crippen molar-refractivity contribution in [2.45, 2.75) is 44.2 Å². The number of nitrogens with one attached hydrogen (secondary N) is 1. The van der Waals surface area contributed by atoms with Gasteiger partial charge in [0.25, 0.3) is 0 Å². The van der Waals surface area contributed by atoms with Crippen molar-refractivity contribution in [1.29, 1.82) is 0 Å².